The SMILES string of the molecule is COc1ccc(OC)c(NC(=O)Nc2ccc(C)c([N+](=O)[O-])c2)c1. The van der Waals surface area contributed by atoms with E-state index in [1.54, 1.807) is 37.3 Å². The standard InChI is InChI=1S/C16H17N3O5/c1-10-4-5-11(8-14(10)19(21)22)17-16(20)18-13-9-12(23-2)6-7-15(13)24-3/h4-9H,1-3H3,(H2,17,18,20). The number of anilines is 2. The number of carbonyl (C=O) groups is 1. The van der Waals surface area contributed by atoms with Crippen molar-refractivity contribution in [3.63, 3.8) is 0 Å². The maximum absolute atomic E-state index is 12.1. The van der Waals surface area contributed by atoms with Gasteiger partial charge in [0.1, 0.15) is 11.5 Å². The fourth-order valence-electron chi connectivity index (χ4n) is 2.08. The average Bonchev–Trinajstić information content (AvgIpc) is 2.56. The molecule has 2 aromatic carbocycles. The van der Waals surface area contributed by atoms with Gasteiger partial charge in [0.25, 0.3) is 5.69 Å². The van der Waals surface area contributed by atoms with Crippen molar-refractivity contribution in [1.29, 1.82) is 0 Å². The van der Waals surface area contributed by atoms with E-state index in [0.717, 1.165) is 0 Å². The molecule has 8 heteroatoms. The Morgan fingerprint density at radius 3 is 2.46 bits per heavy atom. The summed E-state index contributed by atoms with van der Waals surface area (Å²) < 4.78 is 10.3. The molecule has 0 saturated carbocycles. The summed E-state index contributed by atoms with van der Waals surface area (Å²) in [6, 6.07) is 8.87. The first kappa shape index (κ1) is 17.1. The van der Waals surface area contributed by atoms with Crippen LogP contribution in [0, 0.1) is 17.0 Å². The maximum Gasteiger partial charge on any atom is 0.323 e. The van der Waals surface area contributed by atoms with Crippen LogP contribution >= 0.6 is 0 Å². The van der Waals surface area contributed by atoms with Gasteiger partial charge in [0.2, 0.25) is 0 Å². The summed E-state index contributed by atoms with van der Waals surface area (Å²) in [6.45, 7) is 1.63. The Morgan fingerprint density at radius 1 is 1.08 bits per heavy atom. The monoisotopic (exact) mass is 331 g/mol. The summed E-state index contributed by atoms with van der Waals surface area (Å²) in [5.41, 5.74) is 1.18. The van der Waals surface area contributed by atoms with Crippen molar-refractivity contribution in [3.8, 4) is 11.5 Å². The van der Waals surface area contributed by atoms with Crippen LogP contribution in [0.3, 0.4) is 0 Å². The number of methoxy groups -OCH3 is 2. The summed E-state index contributed by atoms with van der Waals surface area (Å²) in [4.78, 5) is 22.6. The molecule has 2 aromatic rings. The van der Waals surface area contributed by atoms with Crippen molar-refractivity contribution in [2.24, 2.45) is 0 Å². The van der Waals surface area contributed by atoms with Crippen LogP contribution in [0.2, 0.25) is 0 Å². The van der Waals surface area contributed by atoms with Gasteiger partial charge in [-0.25, -0.2) is 4.79 Å². The predicted molar refractivity (Wildman–Crippen MR) is 90.0 cm³/mol. The number of urea groups is 1. The number of hydrogen-bond donors (Lipinski definition) is 2. The zero-order valence-electron chi connectivity index (χ0n) is 13.5. The van der Waals surface area contributed by atoms with Gasteiger partial charge in [-0.3, -0.25) is 10.1 Å². The number of hydrogen-bond acceptors (Lipinski definition) is 5. The van der Waals surface area contributed by atoms with E-state index in [1.165, 1.54) is 20.3 Å². The van der Waals surface area contributed by atoms with Gasteiger partial charge in [0, 0.05) is 23.4 Å². The molecule has 0 atom stereocenters. The largest absolute Gasteiger partial charge is 0.497 e. The van der Waals surface area contributed by atoms with Crippen LogP contribution in [0.15, 0.2) is 36.4 Å². The zero-order valence-corrected chi connectivity index (χ0v) is 13.5. The summed E-state index contributed by atoms with van der Waals surface area (Å²) >= 11 is 0. The number of amides is 2. The third-order valence-corrected chi connectivity index (χ3v) is 3.32. The van der Waals surface area contributed by atoms with Crippen LogP contribution in [-0.2, 0) is 0 Å². The number of ether oxygens (including phenoxy) is 2. The molecular formula is C16H17N3O5. The molecule has 0 heterocycles. The first-order valence-electron chi connectivity index (χ1n) is 6.99. The summed E-state index contributed by atoms with van der Waals surface area (Å²) in [5, 5.41) is 16.1. The van der Waals surface area contributed by atoms with E-state index in [2.05, 4.69) is 10.6 Å². The molecule has 2 rings (SSSR count). The molecule has 0 aliphatic carbocycles. The van der Waals surface area contributed by atoms with Crippen molar-refractivity contribution in [2.75, 3.05) is 24.9 Å². The highest BCUT2D eigenvalue weighted by Gasteiger charge is 2.13. The Kier molecular flexibility index (Phi) is 5.20. The lowest BCUT2D eigenvalue weighted by Crippen LogP contribution is -2.20. The molecule has 0 spiro atoms. The van der Waals surface area contributed by atoms with Crippen molar-refractivity contribution < 1.29 is 19.2 Å². The van der Waals surface area contributed by atoms with Crippen LogP contribution in [-0.4, -0.2) is 25.2 Å². The predicted octanol–water partition coefficient (Wildman–Crippen LogP) is 3.56. The number of aryl methyl sites for hydroxylation is 1. The van der Waals surface area contributed by atoms with Gasteiger partial charge < -0.3 is 20.1 Å². The van der Waals surface area contributed by atoms with Gasteiger partial charge in [0.05, 0.1) is 24.8 Å². The Balaban J connectivity index is 2.17. The van der Waals surface area contributed by atoms with Gasteiger partial charge in [-0.1, -0.05) is 6.07 Å². The normalized spacial score (nSPS) is 9.96. The second-order valence-electron chi connectivity index (χ2n) is 4.90. The Hall–Kier alpha value is -3.29. The van der Waals surface area contributed by atoms with Gasteiger partial charge in [-0.05, 0) is 25.1 Å². The van der Waals surface area contributed by atoms with Gasteiger partial charge >= 0.3 is 6.03 Å². The molecule has 0 aliphatic rings. The Labute approximate surface area is 138 Å². The van der Waals surface area contributed by atoms with Crippen LogP contribution in [0.4, 0.5) is 21.9 Å². The second-order valence-corrected chi connectivity index (χ2v) is 4.90. The summed E-state index contributed by atoms with van der Waals surface area (Å²) in [7, 11) is 2.99. The van der Waals surface area contributed by atoms with Gasteiger partial charge in [-0.15, -0.1) is 0 Å². The van der Waals surface area contributed by atoms with E-state index < -0.39 is 11.0 Å². The van der Waals surface area contributed by atoms with E-state index >= 15 is 0 Å². The average molecular weight is 331 g/mol. The molecule has 0 bridgehead atoms. The number of benzene rings is 2. The third-order valence-electron chi connectivity index (χ3n) is 3.32. The van der Waals surface area contributed by atoms with Crippen LogP contribution in [0.5, 0.6) is 11.5 Å². The van der Waals surface area contributed by atoms with Crippen LogP contribution in [0.1, 0.15) is 5.56 Å². The smallest absolute Gasteiger partial charge is 0.323 e. The van der Waals surface area contributed by atoms with Crippen LogP contribution < -0.4 is 20.1 Å². The molecule has 0 fully saturated rings. The molecule has 0 aliphatic heterocycles. The topological polar surface area (TPSA) is 103 Å². The molecule has 126 valence electrons. The molecule has 0 radical (unpaired) electrons. The maximum atomic E-state index is 12.1. The van der Waals surface area contributed by atoms with Crippen LogP contribution in [0.25, 0.3) is 0 Å². The molecule has 0 unspecified atom stereocenters. The molecule has 2 amide bonds. The number of nitrogens with zero attached hydrogens (tertiary/aromatic N) is 1. The lowest BCUT2D eigenvalue weighted by atomic mass is 10.2. The van der Waals surface area contributed by atoms with Gasteiger partial charge in [-0.2, -0.15) is 0 Å². The fraction of sp³-hybridized carbons (Fsp3) is 0.188. The van der Waals surface area contributed by atoms with E-state index in [9.17, 15) is 14.9 Å². The van der Waals surface area contributed by atoms with E-state index in [1.807, 2.05) is 0 Å². The second kappa shape index (κ2) is 7.32. The quantitative estimate of drug-likeness (QED) is 0.644. The zero-order chi connectivity index (χ0) is 17.7. The number of nitrogens with one attached hydrogen (secondary N) is 2. The minimum Gasteiger partial charge on any atom is -0.497 e. The molecule has 24 heavy (non-hydrogen) atoms. The lowest BCUT2D eigenvalue weighted by Gasteiger charge is -2.12. The van der Waals surface area contributed by atoms with E-state index in [4.69, 9.17) is 9.47 Å². The highest BCUT2D eigenvalue weighted by molar-refractivity contribution is 6.01. The lowest BCUT2D eigenvalue weighted by molar-refractivity contribution is -0.385. The number of nitro groups is 1. The molecule has 2 N–H and O–H groups in total. The molecule has 0 aromatic heterocycles. The number of carbonyl (C=O) groups excluding carboxylic acids is 1. The number of nitro benzene ring substituents is 1. The Bertz CT molecular complexity index is 776. The fourth-order valence-corrected chi connectivity index (χ4v) is 2.08. The minimum atomic E-state index is -0.556. The first-order valence-corrected chi connectivity index (χ1v) is 6.99. The molecule has 8 nitrogen and oxygen atoms in total. The van der Waals surface area contributed by atoms with Crippen molar-refractivity contribution in [3.05, 3.63) is 52.1 Å². The molecule has 0 saturated heterocycles. The third kappa shape index (κ3) is 3.92. The summed E-state index contributed by atoms with van der Waals surface area (Å²) in [6.07, 6.45) is 0. The van der Waals surface area contributed by atoms with E-state index in [0.29, 0.717) is 28.4 Å². The van der Waals surface area contributed by atoms with Gasteiger partial charge in [0.15, 0.2) is 0 Å². The van der Waals surface area contributed by atoms with Crippen molar-refractivity contribution in [2.45, 2.75) is 6.92 Å². The van der Waals surface area contributed by atoms with Crippen molar-refractivity contribution in [1.82, 2.24) is 0 Å². The first-order chi connectivity index (χ1) is 11.4. The van der Waals surface area contributed by atoms with E-state index in [-0.39, 0.29) is 5.69 Å². The number of rotatable bonds is 5. The Morgan fingerprint density at radius 2 is 1.83 bits per heavy atom. The van der Waals surface area contributed by atoms with Crippen molar-refractivity contribution >= 4 is 23.1 Å². The highest BCUT2D eigenvalue weighted by atomic mass is 16.6. The highest BCUT2D eigenvalue weighted by Crippen LogP contribution is 2.29. The minimum absolute atomic E-state index is 0.0632. The summed E-state index contributed by atoms with van der Waals surface area (Å²) in [5.74, 6) is 1.01. The molecular weight excluding hydrogens is 314 g/mol.